The minimum Gasteiger partial charge on any atom is -0.484 e. The number of hydrogen-bond donors (Lipinski definition) is 6. The standard InChI is InChI=1S/C70H82F3N7O24S/c1-37-46(101-63(90)57(87)55(40-15-9-7-10-16-40)76-51(84)34-98-44-30-42(29-43(31-44)80(93)94)69(78-79-69)70(71,72)73)33-68(92)61(103-62(89)41-17-11-8-12-18-41)59-66(6,60(88)58(100-38(2)81)54(37)65(68,4)5)48(32-49-67(59,36-99-49)104-39(3)82)102-53(86)22-21-52(85)97-28-27-96-26-25-95-24-23-74-50(83)20-14-13-19-47-56-45(35-105-47)75-64(91)77-56/h7-12,15-18,29-31,45-49,55-59,61,87,92H,13-14,19-28,32-36H2,1-6H3,(H,74,83)(H,76,84)(H2,75,77,91)/t45-,46-,47-,48-,49+,55-,56-,57+,58+,59-,61-,66+,67-,68+/m0/s1. The number of Topliss-reactive ketones (excluding diaryl/α,β-unsaturated/α-hetero) is 1. The molecule has 31 nitrogen and oxygen atoms in total. The van der Waals surface area contributed by atoms with Crippen molar-refractivity contribution < 1.29 is 124 Å². The summed E-state index contributed by atoms with van der Waals surface area (Å²) in [7, 11) is 0. The van der Waals surface area contributed by atoms with Crippen molar-refractivity contribution in [2.24, 2.45) is 27.0 Å². The number of amides is 4. The van der Waals surface area contributed by atoms with Crippen LogP contribution in [0.5, 0.6) is 5.75 Å². The first-order chi connectivity index (χ1) is 49.7. The molecule has 7 aliphatic rings. The number of halogens is 3. The highest BCUT2D eigenvalue weighted by Gasteiger charge is 2.79. The van der Waals surface area contributed by atoms with E-state index in [0.29, 0.717) is 24.2 Å². The lowest BCUT2D eigenvalue weighted by molar-refractivity contribution is -0.385. The number of nitrogens with zero attached hydrogens (tertiary/aromatic N) is 3. The van der Waals surface area contributed by atoms with Crippen LogP contribution in [0.2, 0.25) is 0 Å². The predicted molar refractivity (Wildman–Crippen MR) is 356 cm³/mol. The van der Waals surface area contributed by atoms with Gasteiger partial charge in [0.25, 0.3) is 11.6 Å². The average molecular weight is 1490 g/mol. The highest BCUT2D eigenvalue weighted by Crippen LogP contribution is 2.65. The van der Waals surface area contributed by atoms with E-state index in [2.05, 4.69) is 31.5 Å². The number of unbranched alkanes of at least 4 members (excludes halogenated alkanes) is 1. The van der Waals surface area contributed by atoms with Crippen LogP contribution in [0.15, 0.2) is 100 Å². The molecular weight excluding hydrogens is 1410 g/mol. The first-order valence-corrected chi connectivity index (χ1v) is 35.1. The normalized spacial score (nSPS) is 27.7. The Balaban J connectivity index is 0.839. The molecule has 4 aliphatic heterocycles. The van der Waals surface area contributed by atoms with Gasteiger partial charge in [0.1, 0.15) is 42.4 Å². The second-order valence-electron chi connectivity index (χ2n) is 27.3. The van der Waals surface area contributed by atoms with Gasteiger partial charge in [-0.15, -0.1) is 10.2 Å². The number of benzene rings is 3. The Bertz CT molecular complexity index is 3880. The first kappa shape index (κ1) is 78.4. The molecule has 5 fully saturated rings. The summed E-state index contributed by atoms with van der Waals surface area (Å²) in [6.45, 7) is 6.47. The van der Waals surface area contributed by atoms with E-state index >= 15 is 4.79 Å². The van der Waals surface area contributed by atoms with E-state index < -0.39 is 191 Å². The molecule has 3 aliphatic carbocycles. The van der Waals surface area contributed by atoms with Crippen LogP contribution in [-0.4, -0.2) is 204 Å². The summed E-state index contributed by atoms with van der Waals surface area (Å²) < 4.78 is 101. The molecule has 0 radical (unpaired) electrons. The summed E-state index contributed by atoms with van der Waals surface area (Å²) in [4.78, 5) is 149. The van der Waals surface area contributed by atoms with Crippen LogP contribution in [0, 0.1) is 26.9 Å². The topological polar surface area (TPSA) is 419 Å². The van der Waals surface area contributed by atoms with E-state index in [0.717, 1.165) is 44.6 Å². The van der Waals surface area contributed by atoms with Crippen molar-refractivity contribution >= 4 is 76.9 Å². The molecule has 2 saturated carbocycles. The highest BCUT2D eigenvalue weighted by atomic mass is 32.2. The number of thioether (sulfide) groups is 1. The number of nitro groups is 1. The molecule has 35 heteroatoms. The van der Waals surface area contributed by atoms with Gasteiger partial charge in [-0.25, -0.2) is 14.4 Å². The van der Waals surface area contributed by atoms with E-state index in [4.69, 9.17) is 47.4 Å². The maximum Gasteiger partial charge on any atom is 0.442 e. The summed E-state index contributed by atoms with van der Waals surface area (Å²) in [5.41, 5.74) is -14.1. The van der Waals surface area contributed by atoms with Gasteiger partial charge in [-0.2, -0.15) is 24.9 Å². The SMILES string of the molecule is CC(=O)O[C@H]1C(=O)[C@]2(C)[C@@H](OC(=O)CCC(=O)OCCOCCOCCNC(=O)CCCC[C@@H]3SC[C@@H]4NC(=O)N[C@@H]43)C[C@H]3OC[C@@]3(OC(C)=O)[C@H]2[C@H](OC(=O)c2ccccc2)[C@]2(O)C[C@H](OC(=O)[C@H](O)[C@@H](NC(=O)COc3cc([N+](=O)[O-])cc(C4(C(F)(F)F)N=N4)c3)c3ccccc3)C(C)=C1C2(C)C. The average Bonchev–Trinajstić information content (AvgIpc) is 1.47. The van der Waals surface area contributed by atoms with Gasteiger partial charge in [0.15, 0.2) is 30.2 Å². The number of esters is 6. The highest BCUT2D eigenvalue weighted by molar-refractivity contribution is 8.00. The van der Waals surface area contributed by atoms with Crippen molar-refractivity contribution in [2.45, 2.75) is 176 Å². The second-order valence-corrected chi connectivity index (χ2v) is 28.6. The Kier molecular flexibility index (Phi) is 24.1. The third kappa shape index (κ3) is 16.8. The Labute approximate surface area is 603 Å². The maximum atomic E-state index is 16.4. The summed E-state index contributed by atoms with van der Waals surface area (Å²) in [5.74, 6) is -10.4. The number of fused-ring (bicyclic) bond motifs is 6. The van der Waals surface area contributed by atoms with Gasteiger partial charge < -0.3 is 78.8 Å². The molecule has 3 saturated heterocycles. The molecule has 105 heavy (non-hydrogen) atoms. The molecule has 10 rings (SSSR count). The van der Waals surface area contributed by atoms with Gasteiger partial charge in [0.2, 0.25) is 5.91 Å². The van der Waals surface area contributed by atoms with E-state index in [1.807, 2.05) is 11.8 Å². The van der Waals surface area contributed by atoms with Crippen LogP contribution >= 0.6 is 11.8 Å². The van der Waals surface area contributed by atoms with Gasteiger partial charge in [0, 0.05) is 67.7 Å². The number of rotatable bonds is 32. The van der Waals surface area contributed by atoms with Gasteiger partial charge in [-0.05, 0) is 61.6 Å². The van der Waals surface area contributed by atoms with E-state index in [9.17, 15) is 76.6 Å². The van der Waals surface area contributed by atoms with E-state index in [1.165, 1.54) is 76.2 Å². The fraction of sp³-hybridized carbons (Fsp3) is 0.571. The third-order valence-corrected chi connectivity index (χ3v) is 21.8. The van der Waals surface area contributed by atoms with Crippen LogP contribution in [-0.2, 0) is 86.7 Å². The lowest BCUT2D eigenvalue weighted by Crippen LogP contribution is -2.82. The van der Waals surface area contributed by atoms with Gasteiger partial charge >= 0.3 is 53.7 Å². The van der Waals surface area contributed by atoms with Crippen molar-refractivity contribution in [3.8, 4) is 5.75 Å². The Morgan fingerprint density at radius 3 is 2.15 bits per heavy atom. The fourth-order valence-corrected chi connectivity index (χ4v) is 16.5. The number of aliphatic hydroxyl groups excluding tert-OH is 1. The van der Waals surface area contributed by atoms with Crippen molar-refractivity contribution in [3.63, 3.8) is 0 Å². The molecule has 0 spiro atoms. The Hall–Kier alpha value is -9.16. The van der Waals surface area contributed by atoms with Gasteiger partial charge in [-0.1, -0.05) is 68.8 Å². The quantitative estimate of drug-likeness (QED) is 0.00873. The summed E-state index contributed by atoms with van der Waals surface area (Å²) in [6, 6.07) is 15.1. The minimum absolute atomic E-state index is 0.0545. The first-order valence-electron chi connectivity index (χ1n) is 34.1. The second kappa shape index (κ2) is 32.3. The van der Waals surface area contributed by atoms with Crippen molar-refractivity contribution in [2.75, 3.05) is 58.5 Å². The molecule has 3 aromatic rings. The van der Waals surface area contributed by atoms with Crippen LogP contribution in [0.25, 0.3) is 0 Å². The number of nitro benzene ring substituents is 1. The Morgan fingerprint density at radius 2 is 1.50 bits per heavy atom. The van der Waals surface area contributed by atoms with Gasteiger partial charge in [0.05, 0.1) is 91.9 Å². The van der Waals surface area contributed by atoms with Crippen LogP contribution in [0.3, 0.4) is 0 Å². The lowest BCUT2D eigenvalue weighted by Gasteiger charge is -2.67. The lowest BCUT2D eigenvalue weighted by atomic mass is 9.44. The van der Waals surface area contributed by atoms with Crippen molar-refractivity contribution in [3.05, 3.63) is 117 Å². The summed E-state index contributed by atoms with van der Waals surface area (Å²) >= 11 is 1.82. The van der Waals surface area contributed by atoms with Gasteiger partial charge in [-0.3, -0.25) is 43.7 Å². The predicted octanol–water partition coefficient (Wildman–Crippen LogP) is 5.34. The zero-order valence-electron chi connectivity index (χ0n) is 58.1. The minimum atomic E-state index is -5.10. The zero-order valence-corrected chi connectivity index (χ0v) is 59.0. The van der Waals surface area contributed by atoms with Crippen LogP contribution in [0.1, 0.15) is 120 Å². The fourth-order valence-electron chi connectivity index (χ4n) is 15.0. The number of carbonyl (C=O) groups excluding carboxylic acids is 10. The number of alkyl halides is 3. The zero-order chi connectivity index (χ0) is 76.0. The number of hydrogen-bond acceptors (Lipinski definition) is 27. The number of non-ortho nitro benzene ring substituents is 1. The number of aliphatic hydroxyl groups is 2. The Morgan fingerprint density at radius 1 is 0.829 bits per heavy atom. The molecule has 14 atom stereocenters. The molecule has 0 aromatic heterocycles. The monoisotopic (exact) mass is 1490 g/mol. The number of carbonyl (C=O) groups is 10. The van der Waals surface area contributed by atoms with Crippen molar-refractivity contribution in [1.82, 2.24) is 21.3 Å². The molecule has 4 heterocycles. The molecule has 3 aromatic carbocycles. The summed E-state index contributed by atoms with van der Waals surface area (Å²) in [6.07, 6.45) is -16.1. The third-order valence-electron chi connectivity index (χ3n) is 20.3. The van der Waals surface area contributed by atoms with Crippen LogP contribution in [0.4, 0.5) is 23.7 Å². The smallest absolute Gasteiger partial charge is 0.442 e. The van der Waals surface area contributed by atoms with Crippen molar-refractivity contribution in [1.29, 1.82) is 0 Å². The van der Waals surface area contributed by atoms with Crippen LogP contribution < -0.4 is 26.0 Å². The number of ketones is 1. The molecule has 568 valence electrons. The number of ether oxygens (including phenoxy) is 10. The molecular formula is C70H82F3N7O24S. The number of nitrogens with one attached hydrogen (secondary N) is 4. The van der Waals surface area contributed by atoms with E-state index in [1.54, 1.807) is 12.1 Å². The molecule has 0 unspecified atom stereocenters. The molecule has 2 bridgehead atoms. The molecule has 4 amide bonds. The van der Waals surface area contributed by atoms with E-state index in [-0.39, 0.29) is 85.9 Å². The molecule has 6 N–H and O–H groups in total. The largest absolute Gasteiger partial charge is 0.484 e. The maximum absolute atomic E-state index is 16.4. The number of urea groups is 1. The summed E-state index contributed by atoms with van der Waals surface area (Å²) in [5, 5.41) is 55.7.